The van der Waals surface area contributed by atoms with E-state index in [2.05, 4.69) is 0 Å². The summed E-state index contributed by atoms with van der Waals surface area (Å²) < 4.78 is 51.6. The van der Waals surface area contributed by atoms with Gasteiger partial charge in [-0.2, -0.15) is 0 Å². The third-order valence-corrected chi connectivity index (χ3v) is 3.82. The first-order chi connectivity index (χ1) is 9.12. The number of halogens is 2. The van der Waals surface area contributed by atoms with E-state index in [4.69, 9.17) is 5.11 Å². The monoisotopic (exact) mass is 307 g/mol. The van der Waals surface area contributed by atoms with Crippen molar-refractivity contribution in [2.45, 2.75) is 20.3 Å². The molecular formula is C12H15F2NO4S. The number of benzene rings is 1. The van der Waals surface area contributed by atoms with Gasteiger partial charge in [0.1, 0.15) is 0 Å². The summed E-state index contributed by atoms with van der Waals surface area (Å²) in [6.07, 6.45) is 0.363. The van der Waals surface area contributed by atoms with Gasteiger partial charge in [-0.25, -0.2) is 22.0 Å². The molecule has 5 nitrogen and oxygen atoms in total. The Labute approximate surface area is 115 Å². The number of carboxylic acid groups (broad SMARTS) is 1. The quantitative estimate of drug-likeness (QED) is 0.845. The van der Waals surface area contributed by atoms with Crippen molar-refractivity contribution < 1.29 is 27.1 Å². The zero-order valence-corrected chi connectivity index (χ0v) is 11.8. The van der Waals surface area contributed by atoms with E-state index >= 15 is 0 Å². The Kier molecular flexibility index (Phi) is 5.04. The molecule has 0 unspecified atom stereocenters. The second-order valence-electron chi connectivity index (χ2n) is 4.72. The molecule has 0 fully saturated rings. The van der Waals surface area contributed by atoms with Crippen LogP contribution < -0.4 is 4.72 Å². The van der Waals surface area contributed by atoms with Crippen LogP contribution in [0.1, 0.15) is 30.6 Å². The van der Waals surface area contributed by atoms with Gasteiger partial charge in [0.15, 0.2) is 11.6 Å². The van der Waals surface area contributed by atoms with Gasteiger partial charge in [0.25, 0.3) is 0 Å². The van der Waals surface area contributed by atoms with Gasteiger partial charge in [-0.3, -0.25) is 4.72 Å². The molecule has 0 heterocycles. The Morgan fingerprint density at radius 3 is 2.35 bits per heavy atom. The van der Waals surface area contributed by atoms with Gasteiger partial charge in [0.2, 0.25) is 10.0 Å². The van der Waals surface area contributed by atoms with Crippen LogP contribution in [0.25, 0.3) is 0 Å². The molecule has 0 amide bonds. The molecule has 1 aromatic carbocycles. The Hall–Kier alpha value is -1.70. The molecule has 0 saturated carbocycles. The summed E-state index contributed by atoms with van der Waals surface area (Å²) in [6, 6.07) is 0.962. The Balaban J connectivity index is 3.08. The minimum Gasteiger partial charge on any atom is -0.478 e. The lowest BCUT2D eigenvalue weighted by atomic mass is 10.2. The van der Waals surface area contributed by atoms with Crippen molar-refractivity contribution in [3.63, 3.8) is 0 Å². The lowest BCUT2D eigenvalue weighted by Gasteiger charge is -2.12. The average Bonchev–Trinajstić information content (AvgIpc) is 2.30. The number of aromatic carboxylic acids is 1. The van der Waals surface area contributed by atoms with Gasteiger partial charge in [-0.1, -0.05) is 13.8 Å². The Morgan fingerprint density at radius 2 is 1.85 bits per heavy atom. The molecule has 0 aliphatic heterocycles. The minimum atomic E-state index is -3.82. The number of carboxylic acids is 1. The summed E-state index contributed by atoms with van der Waals surface area (Å²) >= 11 is 0. The average molecular weight is 307 g/mol. The molecule has 0 aromatic heterocycles. The maximum absolute atomic E-state index is 13.1. The van der Waals surface area contributed by atoms with Crippen LogP contribution in [0.4, 0.5) is 14.5 Å². The third-order valence-electron chi connectivity index (χ3n) is 2.52. The van der Waals surface area contributed by atoms with Crippen LogP contribution in [0.2, 0.25) is 0 Å². The van der Waals surface area contributed by atoms with Crippen LogP contribution in [-0.4, -0.2) is 25.2 Å². The molecule has 0 radical (unpaired) electrons. The van der Waals surface area contributed by atoms with Crippen molar-refractivity contribution in [1.82, 2.24) is 0 Å². The molecule has 8 heteroatoms. The van der Waals surface area contributed by atoms with E-state index in [1.165, 1.54) is 0 Å². The second kappa shape index (κ2) is 6.17. The summed E-state index contributed by atoms with van der Waals surface area (Å²) in [5, 5.41) is 8.87. The molecule has 112 valence electrons. The highest BCUT2D eigenvalue weighted by Crippen LogP contribution is 2.21. The highest BCUT2D eigenvalue weighted by Gasteiger charge is 2.19. The molecule has 0 atom stereocenters. The number of rotatable bonds is 6. The molecule has 1 rings (SSSR count). The van der Waals surface area contributed by atoms with Crippen molar-refractivity contribution in [1.29, 1.82) is 0 Å². The number of sulfonamides is 1. The predicted octanol–water partition coefficient (Wildman–Crippen LogP) is 2.45. The maximum atomic E-state index is 13.1. The van der Waals surface area contributed by atoms with E-state index in [1.54, 1.807) is 0 Å². The van der Waals surface area contributed by atoms with Crippen LogP contribution in [0.3, 0.4) is 0 Å². The molecule has 20 heavy (non-hydrogen) atoms. The lowest BCUT2D eigenvalue weighted by Crippen LogP contribution is -2.20. The molecular weight excluding hydrogens is 292 g/mol. The fourth-order valence-corrected chi connectivity index (χ4v) is 2.81. The summed E-state index contributed by atoms with van der Waals surface area (Å²) in [5.74, 6) is -4.33. The van der Waals surface area contributed by atoms with Gasteiger partial charge in [-0.05, 0) is 18.4 Å². The fourth-order valence-electron chi connectivity index (χ4n) is 1.42. The zero-order valence-electron chi connectivity index (χ0n) is 11.0. The van der Waals surface area contributed by atoms with Crippen molar-refractivity contribution in [2.24, 2.45) is 5.92 Å². The number of nitrogens with one attached hydrogen (secondary N) is 1. The number of anilines is 1. The first-order valence-electron chi connectivity index (χ1n) is 5.85. The van der Waals surface area contributed by atoms with Crippen molar-refractivity contribution >= 4 is 21.7 Å². The normalized spacial score (nSPS) is 11.7. The van der Waals surface area contributed by atoms with Crippen LogP contribution in [0.5, 0.6) is 0 Å². The largest absolute Gasteiger partial charge is 0.478 e. The smallest absolute Gasteiger partial charge is 0.337 e. The van der Waals surface area contributed by atoms with Crippen LogP contribution in [-0.2, 0) is 10.0 Å². The highest BCUT2D eigenvalue weighted by molar-refractivity contribution is 7.92. The van der Waals surface area contributed by atoms with Gasteiger partial charge in [0, 0.05) is 6.07 Å². The first kappa shape index (κ1) is 16.4. The van der Waals surface area contributed by atoms with Crippen molar-refractivity contribution in [3.05, 3.63) is 29.3 Å². The van der Waals surface area contributed by atoms with E-state index < -0.39 is 38.9 Å². The van der Waals surface area contributed by atoms with E-state index in [1.807, 2.05) is 18.6 Å². The number of carbonyl (C=O) groups is 1. The third kappa shape index (κ3) is 4.44. The summed E-state index contributed by atoms with van der Waals surface area (Å²) in [6.45, 7) is 3.66. The molecule has 1 aromatic rings. The molecule has 2 N–H and O–H groups in total. The standard InChI is InChI=1S/C12H15F2NO4S/c1-7(2)3-4-20(18,19)15-11-6-10(14)9(13)5-8(11)12(16)17/h5-7,15H,3-4H2,1-2H3,(H,16,17). The summed E-state index contributed by atoms with van der Waals surface area (Å²) in [5.41, 5.74) is -1.13. The van der Waals surface area contributed by atoms with Crippen LogP contribution in [0.15, 0.2) is 12.1 Å². The Morgan fingerprint density at radius 1 is 1.30 bits per heavy atom. The van der Waals surface area contributed by atoms with Gasteiger partial charge < -0.3 is 5.11 Å². The van der Waals surface area contributed by atoms with Crippen molar-refractivity contribution in [3.8, 4) is 0 Å². The molecule has 0 spiro atoms. The summed E-state index contributed by atoms with van der Waals surface area (Å²) in [7, 11) is -3.82. The highest BCUT2D eigenvalue weighted by atomic mass is 32.2. The molecule has 0 bridgehead atoms. The molecule has 0 aliphatic rings. The SMILES string of the molecule is CC(C)CCS(=O)(=O)Nc1cc(F)c(F)cc1C(=O)O. The molecule has 0 aliphatic carbocycles. The van der Waals surface area contributed by atoms with E-state index in [0.29, 0.717) is 18.6 Å². The predicted molar refractivity (Wildman–Crippen MR) is 70.2 cm³/mol. The lowest BCUT2D eigenvalue weighted by molar-refractivity contribution is 0.0697. The minimum absolute atomic E-state index is 0.135. The zero-order chi connectivity index (χ0) is 15.5. The van der Waals surface area contributed by atoms with Gasteiger partial charge >= 0.3 is 5.97 Å². The van der Waals surface area contributed by atoms with Gasteiger partial charge in [-0.15, -0.1) is 0 Å². The Bertz CT molecular complexity index is 614. The second-order valence-corrected chi connectivity index (χ2v) is 6.56. The van der Waals surface area contributed by atoms with E-state index in [9.17, 15) is 22.0 Å². The van der Waals surface area contributed by atoms with E-state index in [0.717, 1.165) is 0 Å². The van der Waals surface area contributed by atoms with Gasteiger partial charge in [0.05, 0.1) is 17.0 Å². The number of hydrogen-bond donors (Lipinski definition) is 2. The topological polar surface area (TPSA) is 83.5 Å². The summed E-state index contributed by atoms with van der Waals surface area (Å²) in [4.78, 5) is 10.9. The van der Waals surface area contributed by atoms with Crippen molar-refractivity contribution in [2.75, 3.05) is 10.5 Å². The number of hydrogen-bond acceptors (Lipinski definition) is 3. The molecule has 0 saturated heterocycles. The fraction of sp³-hybridized carbons (Fsp3) is 0.417. The van der Waals surface area contributed by atoms with Crippen LogP contribution >= 0.6 is 0 Å². The van der Waals surface area contributed by atoms with E-state index in [-0.39, 0.29) is 11.7 Å². The maximum Gasteiger partial charge on any atom is 0.337 e. The van der Waals surface area contributed by atoms with Crippen LogP contribution in [0, 0.1) is 17.6 Å². The first-order valence-corrected chi connectivity index (χ1v) is 7.50.